The van der Waals surface area contributed by atoms with E-state index in [2.05, 4.69) is 10.6 Å². The molecule has 3 fully saturated rings. The minimum atomic E-state index is -1.05. The molecule has 2 bridgehead atoms. The van der Waals surface area contributed by atoms with Crippen LogP contribution in [-0.2, 0) is 19.1 Å². The van der Waals surface area contributed by atoms with E-state index >= 15 is 0 Å². The maximum Gasteiger partial charge on any atom is 0.250 e. The first-order valence-corrected chi connectivity index (χ1v) is 12.1. The van der Waals surface area contributed by atoms with Gasteiger partial charge in [-0.1, -0.05) is 30.7 Å². The molecule has 0 aliphatic carbocycles. The molecule has 8 nitrogen and oxygen atoms in total. The van der Waals surface area contributed by atoms with E-state index in [0.29, 0.717) is 49.4 Å². The number of ether oxygens (including phenoxy) is 1. The number of carbonyl (C=O) groups excluding carboxylic acids is 3. The minimum Gasteiger partial charge on any atom is -0.396 e. The fourth-order valence-corrected chi connectivity index (χ4v) is 6.33. The lowest BCUT2D eigenvalue weighted by atomic mass is 9.65. The van der Waals surface area contributed by atoms with Crippen LogP contribution in [0, 0.1) is 11.8 Å². The molecule has 1 spiro atoms. The Labute approximate surface area is 199 Å². The number of anilines is 1. The first-order valence-electron chi connectivity index (χ1n) is 11.7. The summed E-state index contributed by atoms with van der Waals surface area (Å²) in [6.45, 7) is 2.41. The molecule has 0 aromatic heterocycles. The highest BCUT2D eigenvalue weighted by atomic mass is 35.5. The third kappa shape index (κ3) is 3.72. The number of amides is 3. The molecule has 3 aliphatic rings. The van der Waals surface area contributed by atoms with Crippen LogP contribution in [-0.4, -0.2) is 65.2 Å². The molecule has 3 N–H and O–H groups in total. The molecule has 3 amide bonds. The zero-order valence-corrected chi connectivity index (χ0v) is 19.9. The number of benzene rings is 1. The number of carbonyl (C=O) groups is 3. The maximum absolute atomic E-state index is 13.8. The van der Waals surface area contributed by atoms with E-state index in [0.717, 1.165) is 6.42 Å². The molecule has 0 saturated carbocycles. The van der Waals surface area contributed by atoms with Crippen LogP contribution >= 0.6 is 11.6 Å². The van der Waals surface area contributed by atoms with Crippen LogP contribution in [0.2, 0.25) is 5.02 Å². The second kappa shape index (κ2) is 9.24. The molecule has 0 radical (unpaired) electrons. The first-order chi connectivity index (χ1) is 15.8. The third-order valence-corrected chi connectivity index (χ3v) is 7.98. The molecular weight excluding hydrogens is 446 g/mol. The van der Waals surface area contributed by atoms with Crippen molar-refractivity contribution in [3.05, 3.63) is 29.3 Å². The highest BCUT2D eigenvalue weighted by molar-refractivity contribution is 6.33. The zero-order valence-electron chi connectivity index (χ0n) is 19.1. The summed E-state index contributed by atoms with van der Waals surface area (Å²) in [5, 5.41) is 15.1. The standard InChI is InChI=1S/C24H32ClN3O5/c1-3-23-11-12-24(33-23)18(17(23)20(30)26-2)22(32)28(13-7-4-8-14-29)19(24)21(31)27-16-10-6-5-9-15(16)25/h5-6,9-10,17-19,29H,3-4,7-8,11-14H2,1-2H3,(H,26,30)(H,27,31)/t17-,18-,19?,23+,24?/m0/s1. The Bertz CT molecular complexity index is 942. The van der Waals surface area contributed by atoms with E-state index < -0.39 is 29.1 Å². The van der Waals surface area contributed by atoms with Crippen molar-refractivity contribution < 1.29 is 24.2 Å². The summed E-state index contributed by atoms with van der Waals surface area (Å²) >= 11 is 6.27. The summed E-state index contributed by atoms with van der Waals surface area (Å²) < 4.78 is 6.63. The van der Waals surface area contributed by atoms with Crippen molar-refractivity contribution >= 4 is 35.0 Å². The molecular formula is C24H32ClN3O5. The Hall–Kier alpha value is -2.16. The second-order valence-electron chi connectivity index (χ2n) is 9.23. The van der Waals surface area contributed by atoms with Crippen LogP contribution < -0.4 is 10.6 Å². The van der Waals surface area contributed by atoms with Gasteiger partial charge in [-0.15, -0.1) is 0 Å². The number of hydrogen-bond acceptors (Lipinski definition) is 5. The number of hydrogen-bond donors (Lipinski definition) is 3. The molecule has 2 unspecified atom stereocenters. The van der Waals surface area contributed by atoms with E-state index in [1.165, 1.54) is 0 Å². The van der Waals surface area contributed by atoms with Gasteiger partial charge in [0, 0.05) is 20.2 Å². The number of nitrogens with one attached hydrogen (secondary N) is 2. The monoisotopic (exact) mass is 477 g/mol. The van der Waals surface area contributed by atoms with Gasteiger partial charge in [-0.25, -0.2) is 0 Å². The number of rotatable bonds is 9. The van der Waals surface area contributed by atoms with Gasteiger partial charge in [0.25, 0.3) is 0 Å². The molecule has 1 aromatic rings. The number of likely N-dealkylation sites (tertiary alicyclic amines) is 1. The van der Waals surface area contributed by atoms with Gasteiger partial charge in [0.05, 0.1) is 28.1 Å². The molecule has 4 rings (SSSR count). The Balaban J connectivity index is 1.71. The van der Waals surface area contributed by atoms with Gasteiger partial charge >= 0.3 is 0 Å². The highest BCUT2D eigenvalue weighted by Crippen LogP contribution is 2.64. The number of halogens is 1. The highest BCUT2D eigenvalue weighted by Gasteiger charge is 2.78. The van der Waals surface area contributed by atoms with Crippen molar-refractivity contribution in [1.29, 1.82) is 0 Å². The molecule has 9 heteroatoms. The van der Waals surface area contributed by atoms with Gasteiger partial charge < -0.3 is 25.4 Å². The van der Waals surface area contributed by atoms with E-state index in [1.54, 1.807) is 36.2 Å². The lowest BCUT2D eigenvalue weighted by Gasteiger charge is -2.33. The van der Waals surface area contributed by atoms with E-state index in [9.17, 15) is 14.4 Å². The van der Waals surface area contributed by atoms with E-state index in [-0.39, 0.29) is 24.3 Å². The van der Waals surface area contributed by atoms with Gasteiger partial charge in [-0.05, 0) is 50.7 Å². The number of unbranched alkanes of at least 4 members (excludes halogenated alkanes) is 2. The SMILES string of the molecule is CC[C@]12CCC3(O1)C(C(=O)Nc1ccccc1Cl)N(CCCCCO)C(=O)[C@@H]3[C@H]2C(=O)NC. The fraction of sp³-hybridized carbons (Fsp3) is 0.625. The lowest BCUT2D eigenvalue weighted by Crippen LogP contribution is -2.53. The average molecular weight is 478 g/mol. The van der Waals surface area contributed by atoms with Crippen molar-refractivity contribution in [3.63, 3.8) is 0 Å². The number of nitrogens with zero attached hydrogens (tertiary/aromatic N) is 1. The third-order valence-electron chi connectivity index (χ3n) is 7.65. The minimum absolute atomic E-state index is 0.0812. The number of para-hydroxylation sites is 1. The summed E-state index contributed by atoms with van der Waals surface area (Å²) in [5.41, 5.74) is -1.32. The molecule has 180 valence electrons. The predicted octanol–water partition coefficient (Wildman–Crippen LogP) is 2.34. The van der Waals surface area contributed by atoms with Crippen LogP contribution in [0.5, 0.6) is 0 Å². The van der Waals surface area contributed by atoms with Gasteiger partial charge in [0.2, 0.25) is 17.7 Å². The molecule has 5 atom stereocenters. The van der Waals surface area contributed by atoms with Crippen molar-refractivity contribution in [3.8, 4) is 0 Å². The van der Waals surface area contributed by atoms with E-state index in [4.69, 9.17) is 21.4 Å². The van der Waals surface area contributed by atoms with Gasteiger partial charge in [0.1, 0.15) is 11.6 Å². The van der Waals surface area contributed by atoms with Gasteiger partial charge in [-0.2, -0.15) is 0 Å². The molecule has 3 saturated heterocycles. The number of aliphatic hydroxyl groups is 1. The largest absolute Gasteiger partial charge is 0.396 e. The van der Waals surface area contributed by atoms with Crippen molar-refractivity contribution in [2.75, 3.05) is 25.5 Å². The average Bonchev–Trinajstić information content (AvgIpc) is 3.41. The normalized spacial score (nSPS) is 32.2. The van der Waals surface area contributed by atoms with Crippen LogP contribution in [0.3, 0.4) is 0 Å². The summed E-state index contributed by atoms with van der Waals surface area (Å²) in [6, 6.07) is 6.10. The van der Waals surface area contributed by atoms with E-state index in [1.807, 2.05) is 6.92 Å². The van der Waals surface area contributed by atoms with Gasteiger partial charge in [0.15, 0.2) is 0 Å². The second-order valence-corrected chi connectivity index (χ2v) is 9.64. The Morgan fingerprint density at radius 3 is 2.64 bits per heavy atom. The van der Waals surface area contributed by atoms with Crippen LogP contribution in [0.4, 0.5) is 5.69 Å². The maximum atomic E-state index is 13.8. The molecule has 3 heterocycles. The Morgan fingerprint density at radius 2 is 1.97 bits per heavy atom. The number of fused-ring (bicyclic) bond motifs is 1. The lowest BCUT2D eigenvalue weighted by molar-refractivity contribution is -0.145. The smallest absolute Gasteiger partial charge is 0.250 e. The van der Waals surface area contributed by atoms with Gasteiger partial charge in [-0.3, -0.25) is 14.4 Å². The fourth-order valence-electron chi connectivity index (χ4n) is 6.15. The number of aliphatic hydroxyl groups excluding tert-OH is 1. The zero-order chi connectivity index (χ0) is 23.8. The summed E-state index contributed by atoms with van der Waals surface area (Å²) in [7, 11) is 1.57. The molecule has 33 heavy (non-hydrogen) atoms. The molecule has 1 aromatic carbocycles. The first kappa shape index (κ1) is 24.0. The van der Waals surface area contributed by atoms with Crippen molar-refractivity contribution in [2.24, 2.45) is 11.8 Å². The predicted molar refractivity (Wildman–Crippen MR) is 124 cm³/mol. The van der Waals surface area contributed by atoms with Crippen LogP contribution in [0.15, 0.2) is 24.3 Å². The summed E-state index contributed by atoms with van der Waals surface area (Å²) in [6.07, 6.45) is 3.76. The van der Waals surface area contributed by atoms with Crippen molar-refractivity contribution in [2.45, 2.75) is 62.7 Å². The van der Waals surface area contributed by atoms with Crippen molar-refractivity contribution in [1.82, 2.24) is 10.2 Å². The quantitative estimate of drug-likeness (QED) is 0.473. The van der Waals surface area contributed by atoms with Crippen LogP contribution in [0.1, 0.15) is 45.4 Å². The van der Waals surface area contributed by atoms with Crippen LogP contribution in [0.25, 0.3) is 0 Å². The Morgan fingerprint density at radius 1 is 1.21 bits per heavy atom. The Kier molecular flexibility index (Phi) is 6.71. The summed E-state index contributed by atoms with van der Waals surface area (Å²) in [5.74, 6) is -2.12. The topological polar surface area (TPSA) is 108 Å². The molecule has 3 aliphatic heterocycles. The summed E-state index contributed by atoms with van der Waals surface area (Å²) in [4.78, 5) is 42.0.